The Morgan fingerprint density at radius 3 is 2.25 bits per heavy atom. The molecule has 0 spiro atoms. The zero-order chi connectivity index (χ0) is 12.1. The highest BCUT2D eigenvalue weighted by atomic mass is 16.5. The Kier molecular flexibility index (Phi) is 4.77. The van der Waals surface area contributed by atoms with Crippen molar-refractivity contribution in [3.05, 3.63) is 0 Å². The molecule has 0 bridgehead atoms. The maximum absolute atomic E-state index is 11.9. The van der Waals surface area contributed by atoms with E-state index in [0.29, 0.717) is 0 Å². The third kappa shape index (κ3) is 3.22. The van der Waals surface area contributed by atoms with Gasteiger partial charge in [-0.3, -0.25) is 4.79 Å². The van der Waals surface area contributed by atoms with E-state index in [1.165, 1.54) is 7.11 Å². The van der Waals surface area contributed by atoms with E-state index in [1.807, 2.05) is 13.8 Å². The molecule has 4 heteroatoms. The molecule has 0 aromatic rings. The molecule has 0 unspecified atom stereocenters. The molecule has 1 N–H and O–H groups in total. The van der Waals surface area contributed by atoms with Crippen LogP contribution in [0.25, 0.3) is 0 Å². The van der Waals surface area contributed by atoms with Crippen molar-refractivity contribution in [2.75, 3.05) is 7.11 Å². The van der Waals surface area contributed by atoms with Gasteiger partial charge in [0.05, 0.1) is 7.11 Å². The van der Waals surface area contributed by atoms with E-state index in [-0.39, 0.29) is 23.7 Å². The van der Waals surface area contributed by atoms with Crippen LogP contribution in [0.1, 0.15) is 39.5 Å². The maximum Gasteiger partial charge on any atom is 0.328 e. The average Bonchev–Trinajstić information content (AvgIpc) is 2.77. The number of hydrogen-bond donors (Lipinski definition) is 1. The van der Waals surface area contributed by atoms with Gasteiger partial charge in [0.2, 0.25) is 5.91 Å². The molecule has 92 valence electrons. The van der Waals surface area contributed by atoms with Crippen LogP contribution in [0.4, 0.5) is 0 Å². The van der Waals surface area contributed by atoms with Gasteiger partial charge in [0, 0.05) is 5.92 Å². The highest BCUT2D eigenvalue weighted by Crippen LogP contribution is 2.25. The number of carbonyl (C=O) groups is 2. The Morgan fingerprint density at radius 2 is 1.81 bits per heavy atom. The monoisotopic (exact) mass is 227 g/mol. The van der Waals surface area contributed by atoms with Gasteiger partial charge in [-0.1, -0.05) is 26.7 Å². The molecule has 1 aliphatic carbocycles. The topological polar surface area (TPSA) is 55.4 Å². The number of rotatable bonds is 4. The lowest BCUT2D eigenvalue weighted by molar-refractivity contribution is -0.146. The second-order valence-corrected chi connectivity index (χ2v) is 4.73. The highest BCUT2D eigenvalue weighted by molar-refractivity contribution is 5.86. The molecule has 0 aromatic heterocycles. The van der Waals surface area contributed by atoms with Crippen molar-refractivity contribution in [1.29, 1.82) is 0 Å². The molecule has 1 fully saturated rings. The van der Waals surface area contributed by atoms with E-state index in [1.54, 1.807) is 0 Å². The Balaban J connectivity index is 2.53. The molecule has 0 radical (unpaired) electrons. The van der Waals surface area contributed by atoms with Crippen molar-refractivity contribution in [2.45, 2.75) is 45.6 Å². The molecule has 1 aliphatic rings. The molecule has 1 amide bonds. The number of nitrogens with one attached hydrogen (secondary N) is 1. The predicted octanol–water partition coefficient (Wildman–Crippen LogP) is 1.49. The van der Waals surface area contributed by atoms with Gasteiger partial charge >= 0.3 is 5.97 Å². The molecule has 0 heterocycles. The summed E-state index contributed by atoms with van der Waals surface area (Å²) < 4.78 is 4.68. The van der Waals surface area contributed by atoms with Crippen molar-refractivity contribution in [3.63, 3.8) is 0 Å². The van der Waals surface area contributed by atoms with Gasteiger partial charge in [0.25, 0.3) is 0 Å². The van der Waals surface area contributed by atoms with Gasteiger partial charge in [0.1, 0.15) is 6.04 Å². The van der Waals surface area contributed by atoms with E-state index >= 15 is 0 Å². The minimum absolute atomic E-state index is 0.00148. The van der Waals surface area contributed by atoms with Crippen LogP contribution in [0, 0.1) is 11.8 Å². The van der Waals surface area contributed by atoms with Crippen molar-refractivity contribution in [3.8, 4) is 0 Å². The van der Waals surface area contributed by atoms with Crippen molar-refractivity contribution in [1.82, 2.24) is 5.32 Å². The summed E-state index contributed by atoms with van der Waals surface area (Å²) in [6.45, 7) is 3.80. The average molecular weight is 227 g/mol. The van der Waals surface area contributed by atoms with Crippen LogP contribution < -0.4 is 5.32 Å². The summed E-state index contributed by atoms with van der Waals surface area (Å²) in [5, 5.41) is 2.80. The number of esters is 1. The van der Waals surface area contributed by atoms with Crippen molar-refractivity contribution >= 4 is 11.9 Å². The zero-order valence-electron chi connectivity index (χ0n) is 10.3. The summed E-state index contributed by atoms with van der Waals surface area (Å²) in [7, 11) is 1.35. The van der Waals surface area contributed by atoms with Gasteiger partial charge in [-0.05, 0) is 18.8 Å². The first-order chi connectivity index (χ1) is 7.56. The summed E-state index contributed by atoms with van der Waals surface area (Å²) in [5.41, 5.74) is 0. The maximum atomic E-state index is 11.9. The minimum atomic E-state index is -0.516. The third-order valence-corrected chi connectivity index (χ3v) is 3.15. The van der Waals surface area contributed by atoms with Crippen LogP contribution in [0.5, 0.6) is 0 Å². The molecule has 16 heavy (non-hydrogen) atoms. The first-order valence-electron chi connectivity index (χ1n) is 5.94. The Hall–Kier alpha value is -1.06. The van der Waals surface area contributed by atoms with Gasteiger partial charge < -0.3 is 10.1 Å². The number of hydrogen-bond acceptors (Lipinski definition) is 3. The quantitative estimate of drug-likeness (QED) is 0.740. The fourth-order valence-electron chi connectivity index (χ4n) is 2.08. The molecule has 1 atom stereocenters. The van der Waals surface area contributed by atoms with Crippen LogP contribution >= 0.6 is 0 Å². The zero-order valence-corrected chi connectivity index (χ0v) is 10.3. The fourth-order valence-corrected chi connectivity index (χ4v) is 2.08. The summed E-state index contributed by atoms with van der Waals surface area (Å²) in [4.78, 5) is 23.3. The Morgan fingerprint density at radius 1 is 1.25 bits per heavy atom. The fraction of sp³-hybridized carbons (Fsp3) is 0.833. The van der Waals surface area contributed by atoms with E-state index < -0.39 is 6.04 Å². The molecule has 0 saturated heterocycles. The normalized spacial score (nSPS) is 18.5. The second kappa shape index (κ2) is 5.87. The van der Waals surface area contributed by atoms with Crippen LogP contribution in [0.15, 0.2) is 0 Å². The molecule has 4 nitrogen and oxygen atoms in total. The standard InChI is InChI=1S/C12H21NO3/c1-8(2)10(12(15)16-3)13-11(14)9-6-4-5-7-9/h8-10H,4-7H2,1-3H3,(H,13,14)/t10-/m0/s1. The van der Waals surface area contributed by atoms with Crippen molar-refractivity contribution < 1.29 is 14.3 Å². The van der Waals surface area contributed by atoms with Gasteiger partial charge in [-0.15, -0.1) is 0 Å². The van der Waals surface area contributed by atoms with E-state index in [0.717, 1.165) is 25.7 Å². The summed E-state index contributed by atoms with van der Waals surface area (Å²) in [6.07, 6.45) is 4.11. The lowest BCUT2D eigenvalue weighted by atomic mass is 10.0. The summed E-state index contributed by atoms with van der Waals surface area (Å²) in [5.74, 6) is -0.216. The minimum Gasteiger partial charge on any atom is -0.467 e. The Labute approximate surface area is 96.7 Å². The van der Waals surface area contributed by atoms with Crippen LogP contribution in [0.2, 0.25) is 0 Å². The van der Waals surface area contributed by atoms with Crippen LogP contribution in [0.3, 0.4) is 0 Å². The molecule has 1 rings (SSSR count). The molecule has 0 aliphatic heterocycles. The first-order valence-corrected chi connectivity index (χ1v) is 5.94. The molecule has 0 aromatic carbocycles. The van der Waals surface area contributed by atoms with Crippen LogP contribution in [-0.2, 0) is 14.3 Å². The SMILES string of the molecule is COC(=O)[C@@H](NC(=O)C1CCCC1)C(C)C. The lowest BCUT2D eigenvalue weighted by Gasteiger charge is -2.21. The Bertz CT molecular complexity index is 257. The predicted molar refractivity (Wildman–Crippen MR) is 60.7 cm³/mol. The van der Waals surface area contributed by atoms with Gasteiger partial charge in [-0.25, -0.2) is 4.79 Å². The number of ether oxygens (including phenoxy) is 1. The van der Waals surface area contributed by atoms with Gasteiger partial charge in [-0.2, -0.15) is 0 Å². The molecular formula is C12H21NO3. The third-order valence-electron chi connectivity index (χ3n) is 3.15. The summed E-state index contributed by atoms with van der Waals surface area (Å²) in [6, 6.07) is -0.516. The molecule has 1 saturated carbocycles. The van der Waals surface area contributed by atoms with E-state index in [2.05, 4.69) is 10.1 Å². The second-order valence-electron chi connectivity index (χ2n) is 4.73. The van der Waals surface area contributed by atoms with Gasteiger partial charge in [0.15, 0.2) is 0 Å². The first kappa shape index (κ1) is 13.0. The highest BCUT2D eigenvalue weighted by Gasteiger charge is 2.29. The van der Waals surface area contributed by atoms with E-state index in [4.69, 9.17) is 0 Å². The largest absolute Gasteiger partial charge is 0.467 e. The number of carbonyl (C=O) groups excluding carboxylic acids is 2. The van der Waals surface area contributed by atoms with E-state index in [9.17, 15) is 9.59 Å². The number of amides is 1. The lowest BCUT2D eigenvalue weighted by Crippen LogP contribution is -2.46. The van der Waals surface area contributed by atoms with Crippen LogP contribution in [-0.4, -0.2) is 25.0 Å². The molecular weight excluding hydrogens is 206 g/mol. The smallest absolute Gasteiger partial charge is 0.328 e. The number of methoxy groups -OCH3 is 1. The summed E-state index contributed by atoms with van der Waals surface area (Å²) >= 11 is 0. The van der Waals surface area contributed by atoms with Crippen molar-refractivity contribution in [2.24, 2.45) is 11.8 Å².